The van der Waals surface area contributed by atoms with Gasteiger partial charge in [-0.2, -0.15) is 5.10 Å². The molecule has 0 aliphatic carbocycles. The van der Waals surface area contributed by atoms with Crippen molar-refractivity contribution in [2.75, 3.05) is 27.4 Å². The molecule has 0 fully saturated rings. The Bertz CT molecular complexity index is 557. The predicted molar refractivity (Wildman–Crippen MR) is 81.4 cm³/mol. The van der Waals surface area contributed by atoms with Crippen molar-refractivity contribution in [3.05, 3.63) is 40.6 Å². The maximum atomic E-state index is 5.29. The number of hydrogen-bond acceptors (Lipinski definition) is 4. The summed E-state index contributed by atoms with van der Waals surface area (Å²) in [5, 5.41) is 7.79. The van der Waals surface area contributed by atoms with Gasteiger partial charge in [0.05, 0.1) is 29.6 Å². The first-order valence-electron chi connectivity index (χ1n) is 6.32. The van der Waals surface area contributed by atoms with Gasteiger partial charge in [-0.3, -0.25) is 0 Å². The van der Waals surface area contributed by atoms with Gasteiger partial charge in [0.25, 0.3) is 0 Å². The summed E-state index contributed by atoms with van der Waals surface area (Å²) in [5.41, 5.74) is 1.95. The van der Waals surface area contributed by atoms with Gasteiger partial charge in [0.15, 0.2) is 0 Å². The monoisotopic (exact) mass is 339 g/mol. The van der Waals surface area contributed by atoms with E-state index in [1.54, 1.807) is 14.2 Å². The summed E-state index contributed by atoms with van der Waals surface area (Å²) in [6.45, 7) is 2.24. The number of aromatic nitrogens is 2. The molecule has 2 aromatic rings. The van der Waals surface area contributed by atoms with E-state index >= 15 is 0 Å². The Hall–Kier alpha value is -1.37. The lowest BCUT2D eigenvalue weighted by atomic mass is 10.3. The minimum Gasteiger partial charge on any atom is -0.495 e. The molecule has 0 saturated heterocycles. The number of halogens is 1. The van der Waals surface area contributed by atoms with Crippen molar-refractivity contribution in [2.45, 2.75) is 6.54 Å². The topological polar surface area (TPSA) is 48.3 Å². The van der Waals surface area contributed by atoms with Crippen molar-refractivity contribution in [3.63, 3.8) is 0 Å². The molecule has 2 rings (SSSR count). The van der Waals surface area contributed by atoms with E-state index in [4.69, 9.17) is 9.47 Å². The summed E-state index contributed by atoms with van der Waals surface area (Å²) >= 11 is 3.44. The Labute approximate surface area is 127 Å². The highest BCUT2D eigenvalue weighted by molar-refractivity contribution is 9.10. The molecular formula is C14H18BrN3O2. The average Bonchev–Trinajstić information content (AvgIpc) is 2.93. The van der Waals surface area contributed by atoms with Crippen molar-refractivity contribution in [3.8, 4) is 11.4 Å². The summed E-state index contributed by atoms with van der Waals surface area (Å²) in [6, 6.07) is 7.88. The fourth-order valence-corrected chi connectivity index (χ4v) is 2.19. The number of nitrogens with zero attached hydrogens (tertiary/aromatic N) is 2. The second kappa shape index (κ2) is 7.42. The molecule has 5 nitrogen and oxygen atoms in total. The summed E-state index contributed by atoms with van der Waals surface area (Å²) in [6.07, 6.45) is 1.94. The highest BCUT2D eigenvalue weighted by atomic mass is 79.9. The highest BCUT2D eigenvalue weighted by Crippen LogP contribution is 2.26. The molecule has 0 atom stereocenters. The van der Waals surface area contributed by atoms with Gasteiger partial charge in [0.2, 0.25) is 0 Å². The Morgan fingerprint density at radius 2 is 2.15 bits per heavy atom. The number of benzene rings is 1. The number of hydrogen-bond donors (Lipinski definition) is 1. The van der Waals surface area contributed by atoms with Crippen LogP contribution in [-0.4, -0.2) is 37.2 Å². The number of ether oxygens (including phenoxy) is 2. The number of nitrogens with one attached hydrogen (secondary N) is 1. The van der Waals surface area contributed by atoms with E-state index in [2.05, 4.69) is 26.3 Å². The molecule has 0 amide bonds. The Balaban J connectivity index is 2.04. The third-order valence-corrected chi connectivity index (χ3v) is 3.49. The Morgan fingerprint density at radius 1 is 1.30 bits per heavy atom. The van der Waals surface area contributed by atoms with Crippen LogP contribution in [0.2, 0.25) is 0 Å². The first-order chi connectivity index (χ1) is 9.74. The van der Waals surface area contributed by atoms with Gasteiger partial charge in [0.1, 0.15) is 5.75 Å². The van der Waals surface area contributed by atoms with Gasteiger partial charge in [-0.25, -0.2) is 4.68 Å². The van der Waals surface area contributed by atoms with Crippen molar-refractivity contribution in [1.82, 2.24) is 15.1 Å². The predicted octanol–water partition coefficient (Wildman–Crippen LogP) is 2.38. The molecule has 0 spiro atoms. The van der Waals surface area contributed by atoms with Crippen LogP contribution in [0.25, 0.3) is 5.69 Å². The Kier molecular flexibility index (Phi) is 5.58. The molecule has 1 N–H and O–H groups in total. The van der Waals surface area contributed by atoms with Crippen molar-refractivity contribution >= 4 is 15.9 Å². The van der Waals surface area contributed by atoms with E-state index in [0.29, 0.717) is 6.61 Å². The smallest absolute Gasteiger partial charge is 0.135 e. The van der Waals surface area contributed by atoms with E-state index in [1.165, 1.54) is 0 Å². The first kappa shape index (κ1) is 15.0. The molecule has 0 aliphatic heterocycles. The molecule has 0 radical (unpaired) electrons. The van der Waals surface area contributed by atoms with Gasteiger partial charge in [0, 0.05) is 32.5 Å². The third kappa shape index (κ3) is 3.82. The average molecular weight is 340 g/mol. The van der Waals surface area contributed by atoms with Gasteiger partial charge < -0.3 is 14.8 Å². The lowest BCUT2D eigenvalue weighted by molar-refractivity contribution is 0.199. The van der Waals surface area contributed by atoms with Crippen LogP contribution in [0, 0.1) is 0 Å². The van der Waals surface area contributed by atoms with E-state index in [9.17, 15) is 0 Å². The molecule has 0 unspecified atom stereocenters. The zero-order valence-corrected chi connectivity index (χ0v) is 13.2. The van der Waals surface area contributed by atoms with Crippen LogP contribution in [0.1, 0.15) is 5.69 Å². The van der Waals surface area contributed by atoms with Gasteiger partial charge in [-0.05, 0) is 34.1 Å². The van der Waals surface area contributed by atoms with Crippen LogP contribution in [0.5, 0.6) is 5.75 Å². The maximum Gasteiger partial charge on any atom is 0.135 e. The molecule has 1 aromatic heterocycles. The summed E-state index contributed by atoms with van der Waals surface area (Å²) < 4.78 is 13.0. The molecule has 20 heavy (non-hydrogen) atoms. The zero-order valence-electron chi connectivity index (χ0n) is 11.6. The highest BCUT2D eigenvalue weighted by Gasteiger charge is 2.05. The van der Waals surface area contributed by atoms with Crippen LogP contribution in [0.15, 0.2) is 34.9 Å². The largest absolute Gasteiger partial charge is 0.495 e. The molecule has 0 aliphatic rings. The Morgan fingerprint density at radius 3 is 2.90 bits per heavy atom. The zero-order chi connectivity index (χ0) is 14.4. The summed E-state index contributed by atoms with van der Waals surface area (Å²) in [4.78, 5) is 0. The fourth-order valence-electron chi connectivity index (χ4n) is 1.78. The van der Waals surface area contributed by atoms with Crippen LogP contribution >= 0.6 is 15.9 Å². The minimum absolute atomic E-state index is 0.699. The van der Waals surface area contributed by atoms with E-state index in [1.807, 2.05) is 35.1 Å². The molecule has 6 heteroatoms. The lowest BCUT2D eigenvalue weighted by Gasteiger charge is -2.06. The van der Waals surface area contributed by atoms with Crippen molar-refractivity contribution < 1.29 is 9.47 Å². The van der Waals surface area contributed by atoms with E-state index in [-0.39, 0.29) is 0 Å². The second-order valence-corrected chi connectivity index (χ2v) is 5.09. The summed E-state index contributed by atoms with van der Waals surface area (Å²) in [7, 11) is 3.34. The molecular weight excluding hydrogens is 322 g/mol. The minimum atomic E-state index is 0.699. The number of rotatable bonds is 7. The van der Waals surface area contributed by atoms with E-state index < -0.39 is 0 Å². The molecule has 0 bridgehead atoms. The molecule has 1 aromatic carbocycles. The first-order valence-corrected chi connectivity index (χ1v) is 7.12. The molecule has 108 valence electrons. The number of methoxy groups -OCH3 is 2. The second-order valence-electron chi connectivity index (χ2n) is 4.24. The van der Waals surface area contributed by atoms with Gasteiger partial charge in [-0.15, -0.1) is 0 Å². The third-order valence-electron chi connectivity index (χ3n) is 2.83. The fraction of sp³-hybridized carbons (Fsp3) is 0.357. The van der Waals surface area contributed by atoms with E-state index in [0.717, 1.165) is 34.7 Å². The van der Waals surface area contributed by atoms with Crippen LogP contribution in [0.3, 0.4) is 0 Å². The van der Waals surface area contributed by atoms with Crippen LogP contribution in [-0.2, 0) is 11.3 Å². The quantitative estimate of drug-likeness (QED) is 0.787. The summed E-state index contributed by atoms with van der Waals surface area (Å²) in [5.74, 6) is 0.790. The maximum absolute atomic E-state index is 5.29. The van der Waals surface area contributed by atoms with Crippen molar-refractivity contribution in [2.24, 2.45) is 0 Å². The van der Waals surface area contributed by atoms with Crippen molar-refractivity contribution in [1.29, 1.82) is 0 Å². The SMILES string of the molecule is COCCNCc1ccn(-c2ccc(Br)c(OC)c2)n1. The van der Waals surface area contributed by atoms with Gasteiger partial charge >= 0.3 is 0 Å². The van der Waals surface area contributed by atoms with Crippen LogP contribution < -0.4 is 10.1 Å². The molecule has 0 saturated carbocycles. The van der Waals surface area contributed by atoms with Gasteiger partial charge in [-0.1, -0.05) is 0 Å². The molecule has 1 heterocycles. The lowest BCUT2D eigenvalue weighted by Crippen LogP contribution is -2.18. The van der Waals surface area contributed by atoms with Crippen LogP contribution in [0.4, 0.5) is 0 Å². The standard InChI is InChI=1S/C14H18BrN3O2/c1-19-8-6-16-10-11-5-7-18(17-11)12-3-4-13(15)14(9-12)20-2/h3-5,7,9,16H,6,8,10H2,1-2H3. The normalized spacial score (nSPS) is 10.8.